The lowest BCUT2D eigenvalue weighted by atomic mass is 9.97. The van der Waals surface area contributed by atoms with Gasteiger partial charge in [-0.15, -0.1) is 9.60 Å². The molecule has 17 heavy (non-hydrogen) atoms. The van der Waals surface area contributed by atoms with Crippen molar-refractivity contribution < 1.29 is 19.1 Å². The molecule has 1 aliphatic rings. The Morgan fingerprint density at radius 2 is 2.18 bits per heavy atom. The number of carbonyl (C=O) groups is 1. The molecule has 0 aromatic carbocycles. The molecule has 0 aliphatic carbocycles. The van der Waals surface area contributed by atoms with Gasteiger partial charge in [0.1, 0.15) is 5.60 Å². The molecule has 0 spiro atoms. The highest BCUT2D eigenvalue weighted by Gasteiger charge is 2.18. The number of carbonyl (C=O) groups excluding carboxylic acids is 1. The molecule has 5 heteroatoms. The molecule has 0 aromatic heterocycles. The molecule has 0 saturated carbocycles. The highest BCUT2D eigenvalue weighted by Crippen LogP contribution is 2.18. The van der Waals surface area contributed by atoms with Crippen molar-refractivity contribution in [2.75, 3.05) is 19.7 Å². The molecule has 1 aliphatic heterocycles. The van der Waals surface area contributed by atoms with Crippen LogP contribution < -0.4 is 0 Å². The molecule has 1 unspecified atom stereocenters. The summed E-state index contributed by atoms with van der Waals surface area (Å²) >= 11 is 0. The molecule has 0 amide bonds. The van der Waals surface area contributed by atoms with Gasteiger partial charge in [-0.2, -0.15) is 0 Å². The number of halogens is 1. The second kappa shape index (κ2) is 8.42. The summed E-state index contributed by atoms with van der Waals surface area (Å²) in [6, 6.07) is 0. The lowest BCUT2D eigenvalue weighted by molar-refractivity contribution is -0.138. The minimum absolute atomic E-state index is 0.193. The Balaban J connectivity index is 0.000000325. The van der Waals surface area contributed by atoms with E-state index in [4.69, 9.17) is 5.11 Å². The molecular weight excluding hydrogens is 225 g/mol. The predicted molar refractivity (Wildman–Crippen MR) is 64.0 cm³/mol. The largest absolute Gasteiger partial charge is 0.462 e. The van der Waals surface area contributed by atoms with Crippen LogP contribution in [0.4, 0.5) is 4.48 Å². The fraction of sp³-hybridized carbons (Fsp3) is 0.917. The summed E-state index contributed by atoms with van der Waals surface area (Å²) in [5.74, 6) is 0.378. The molecule has 0 bridgehead atoms. The number of aliphatic hydroxyl groups excluding tert-OH is 1. The summed E-state index contributed by atoms with van der Waals surface area (Å²) in [6.07, 6.45) is 2.75. The van der Waals surface area contributed by atoms with Gasteiger partial charge in [0.05, 0.1) is 0 Å². The van der Waals surface area contributed by atoms with E-state index in [-0.39, 0.29) is 12.2 Å². The lowest BCUT2D eigenvalue weighted by Gasteiger charge is -2.25. The van der Waals surface area contributed by atoms with Crippen LogP contribution in [0.3, 0.4) is 0 Å². The van der Waals surface area contributed by atoms with Crippen molar-refractivity contribution in [1.82, 2.24) is 5.12 Å². The van der Waals surface area contributed by atoms with E-state index in [1.807, 2.05) is 20.8 Å². The highest BCUT2D eigenvalue weighted by atomic mass is 19.2. The summed E-state index contributed by atoms with van der Waals surface area (Å²) in [7, 11) is 0. The third-order valence-electron chi connectivity index (χ3n) is 2.41. The van der Waals surface area contributed by atoms with Crippen LogP contribution in [-0.2, 0) is 9.53 Å². The van der Waals surface area contributed by atoms with Gasteiger partial charge in [0, 0.05) is 19.7 Å². The average Bonchev–Trinajstić information content (AvgIpc) is 2.17. The zero-order valence-electron chi connectivity index (χ0n) is 11.0. The summed E-state index contributed by atoms with van der Waals surface area (Å²) in [5, 5.41) is 9.41. The molecule has 1 fully saturated rings. The number of hydrogen-bond donors (Lipinski definition) is 1. The molecule has 1 rings (SSSR count). The molecule has 1 saturated heterocycles. The quantitative estimate of drug-likeness (QED) is 0.613. The van der Waals surface area contributed by atoms with Crippen molar-refractivity contribution in [1.29, 1.82) is 0 Å². The summed E-state index contributed by atoms with van der Waals surface area (Å²) in [4.78, 5) is 9.60. The summed E-state index contributed by atoms with van der Waals surface area (Å²) < 4.78 is 17.1. The van der Waals surface area contributed by atoms with Gasteiger partial charge in [0.15, 0.2) is 0 Å². The van der Waals surface area contributed by atoms with E-state index in [1.54, 1.807) is 0 Å². The number of aliphatic hydroxyl groups is 1. The number of ether oxygens (including phenoxy) is 1. The van der Waals surface area contributed by atoms with Crippen molar-refractivity contribution in [2.45, 2.75) is 45.6 Å². The Morgan fingerprint density at radius 1 is 1.53 bits per heavy atom. The van der Waals surface area contributed by atoms with Gasteiger partial charge in [-0.25, -0.2) is 0 Å². The van der Waals surface area contributed by atoms with E-state index >= 15 is 0 Å². The van der Waals surface area contributed by atoms with Gasteiger partial charge in [-0.3, -0.25) is 4.79 Å². The van der Waals surface area contributed by atoms with Gasteiger partial charge in [0.2, 0.25) is 0 Å². The van der Waals surface area contributed by atoms with Gasteiger partial charge in [0.25, 0.3) is 6.47 Å². The van der Waals surface area contributed by atoms with Gasteiger partial charge in [-0.05, 0) is 46.0 Å². The zero-order chi connectivity index (χ0) is 13.3. The Labute approximate surface area is 103 Å². The Morgan fingerprint density at radius 3 is 2.53 bits per heavy atom. The molecule has 102 valence electrons. The second-order valence-electron chi connectivity index (χ2n) is 5.22. The van der Waals surface area contributed by atoms with Crippen LogP contribution in [-0.4, -0.2) is 42.0 Å². The third kappa shape index (κ3) is 10.2. The molecule has 1 N–H and O–H groups in total. The smallest absolute Gasteiger partial charge is 0.293 e. The molecule has 0 radical (unpaired) electrons. The maximum Gasteiger partial charge on any atom is 0.293 e. The predicted octanol–water partition coefficient (Wildman–Crippen LogP) is 1.92. The van der Waals surface area contributed by atoms with Crippen molar-refractivity contribution in [3.63, 3.8) is 0 Å². The minimum Gasteiger partial charge on any atom is -0.462 e. The van der Waals surface area contributed by atoms with Gasteiger partial charge < -0.3 is 9.84 Å². The Hall–Kier alpha value is -0.680. The third-order valence-corrected chi connectivity index (χ3v) is 2.41. The van der Waals surface area contributed by atoms with Crippen molar-refractivity contribution in [3.8, 4) is 0 Å². The molecule has 0 aromatic rings. The van der Waals surface area contributed by atoms with E-state index in [2.05, 4.69) is 4.74 Å². The average molecular weight is 249 g/mol. The van der Waals surface area contributed by atoms with Crippen molar-refractivity contribution >= 4 is 6.47 Å². The number of hydrogen-bond acceptors (Lipinski definition) is 4. The first-order valence-electron chi connectivity index (χ1n) is 6.02. The molecule has 1 heterocycles. The summed E-state index contributed by atoms with van der Waals surface area (Å²) in [5.41, 5.74) is -0.318. The minimum atomic E-state index is -0.318. The van der Waals surface area contributed by atoms with E-state index in [0.717, 1.165) is 24.4 Å². The monoisotopic (exact) mass is 249 g/mol. The first-order chi connectivity index (χ1) is 7.89. The first-order valence-corrected chi connectivity index (χ1v) is 6.02. The van der Waals surface area contributed by atoms with Crippen LogP contribution >= 0.6 is 0 Å². The van der Waals surface area contributed by atoms with Crippen molar-refractivity contribution in [2.24, 2.45) is 5.92 Å². The standard InChI is InChI=1S/C7H14FNO.C5H10O2/c8-9-4-1-2-7(6-9)3-5-10;1-5(2,3)7-4-6/h7,10H,1-6H2;4H,1-3H3. The van der Waals surface area contributed by atoms with Gasteiger partial charge in [-0.1, -0.05) is 0 Å². The van der Waals surface area contributed by atoms with E-state index < -0.39 is 0 Å². The number of piperidine rings is 1. The van der Waals surface area contributed by atoms with Crippen molar-refractivity contribution in [3.05, 3.63) is 0 Å². The van der Waals surface area contributed by atoms with Crippen LogP contribution in [0.2, 0.25) is 0 Å². The van der Waals surface area contributed by atoms with E-state index in [0.29, 0.717) is 25.5 Å². The van der Waals surface area contributed by atoms with E-state index in [1.165, 1.54) is 0 Å². The molecule has 4 nitrogen and oxygen atoms in total. The van der Waals surface area contributed by atoms with Crippen LogP contribution in [0.1, 0.15) is 40.0 Å². The molecular formula is C12H24FNO3. The first kappa shape index (κ1) is 16.3. The topological polar surface area (TPSA) is 49.8 Å². The molecule has 1 atom stereocenters. The second-order valence-corrected chi connectivity index (χ2v) is 5.22. The van der Waals surface area contributed by atoms with Crippen LogP contribution in [0, 0.1) is 5.92 Å². The maximum absolute atomic E-state index is 12.5. The number of rotatable bonds is 3. The van der Waals surface area contributed by atoms with E-state index in [9.17, 15) is 9.28 Å². The maximum atomic E-state index is 12.5. The Kier molecular flexibility index (Phi) is 8.08. The van der Waals surface area contributed by atoms with Crippen LogP contribution in [0.25, 0.3) is 0 Å². The SMILES string of the molecule is CC(C)(C)OC=O.OCCC1CCCN(F)C1. The van der Waals surface area contributed by atoms with Gasteiger partial charge >= 0.3 is 0 Å². The summed E-state index contributed by atoms with van der Waals surface area (Å²) in [6.45, 7) is 7.20. The zero-order valence-corrected chi connectivity index (χ0v) is 11.0. The fourth-order valence-electron chi connectivity index (χ4n) is 1.58. The van der Waals surface area contributed by atoms with Crippen LogP contribution in [0.5, 0.6) is 0 Å². The normalized spacial score (nSPS) is 21.4. The fourth-order valence-corrected chi connectivity index (χ4v) is 1.58. The number of nitrogens with zero attached hydrogens (tertiary/aromatic N) is 1. The van der Waals surface area contributed by atoms with Crippen LogP contribution in [0.15, 0.2) is 0 Å². The lowest BCUT2D eigenvalue weighted by Crippen LogP contribution is -2.29. The highest BCUT2D eigenvalue weighted by molar-refractivity contribution is 5.37. The Bertz CT molecular complexity index is 204.